The first-order valence-electron chi connectivity index (χ1n) is 6.58. The Bertz CT molecular complexity index is 449. The van der Waals surface area contributed by atoms with Gasteiger partial charge in [-0.1, -0.05) is 0 Å². The van der Waals surface area contributed by atoms with Gasteiger partial charge in [-0.25, -0.2) is 14.0 Å². The summed E-state index contributed by atoms with van der Waals surface area (Å²) in [6.07, 6.45) is -3.49. The van der Waals surface area contributed by atoms with Crippen molar-refractivity contribution in [1.82, 2.24) is 4.90 Å². The first-order valence-corrected chi connectivity index (χ1v) is 6.58. The maximum Gasteiger partial charge on any atom is 0.411 e. The number of halogens is 1. The van der Waals surface area contributed by atoms with Crippen molar-refractivity contribution in [3.63, 3.8) is 0 Å². The number of hydrogen-bond acceptors (Lipinski definition) is 4. The van der Waals surface area contributed by atoms with Gasteiger partial charge in [0.25, 0.3) is 0 Å². The topological polar surface area (TPSA) is 87.1 Å². The van der Waals surface area contributed by atoms with E-state index in [2.05, 4.69) is 0 Å². The molecule has 7 heteroatoms. The van der Waals surface area contributed by atoms with Crippen LogP contribution in [0.2, 0.25) is 0 Å². The molecule has 1 saturated heterocycles. The third kappa shape index (κ3) is 1.95. The predicted octanol–water partition coefficient (Wildman–Crippen LogP) is 1.17. The highest BCUT2D eigenvalue weighted by Gasteiger charge is 2.69. The molecule has 1 saturated carbocycles. The molecule has 0 spiro atoms. The highest BCUT2D eigenvalue weighted by Crippen LogP contribution is 2.51. The van der Waals surface area contributed by atoms with Gasteiger partial charge in [0, 0.05) is 5.92 Å². The Kier molecular flexibility index (Phi) is 3.24. The van der Waals surface area contributed by atoms with E-state index < -0.39 is 47.4 Å². The molecule has 1 heterocycles. The fraction of sp³-hybridized carbons (Fsp3) is 0.846. The minimum atomic E-state index is -1.69. The first kappa shape index (κ1) is 15.0. The molecule has 2 aliphatic rings. The van der Waals surface area contributed by atoms with Crippen LogP contribution < -0.4 is 0 Å². The Morgan fingerprint density at radius 1 is 1.40 bits per heavy atom. The van der Waals surface area contributed by atoms with Gasteiger partial charge in [0.15, 0.2) is 0 Å². The summed E-state index contributed by atoms with van der Waals surface area (Å²) in [6.45, 7) is 6.23. The molecule has 0 aromatic carbocycles. The van der Waals surface area contributed by atoms with Crippen LogP contribution in [0.15, 0.2) is 0 Å². The summed E-state index contributed by atoms with van der Waals surface area (Å²) in [6, 6.07) is -1.16. The van der Waals surface area contributed by atoms with E-state index >= 15 is 0 Å². The molecule has 0 unspecified atom stereocenters. The van der Waals surface area contributed by atoms with E-state index in [0.29, 0.717) is 0 Å². The number of likely N-dealkylation sites (tertiary alicyclic amines) is 1. The summed E-state index contributed by atoms with van der Waals surface area (Å²) in [5.41, 5.74) is -2.51. The van der Waals surface area contributed by atoms with Crippen LogP contribution in [0.25, 0.3) is 0 Å². The normalized spacial score (nSPS) is 40.0. The van der Waals surface area contributed by atoms with Gasteiger partial charge < -0.3 is 14.9 Å². The minimum Gasteiger partial charge on any atom is -0.479 e. The highest BCUT2D eigenvalue weighted by atomic mass is 19.1. The second kappa shape index (κ2) is 4.31. The first-order chi connectivity index (χ1) is 9.00. The molecule has 1 aliphatic heterocycles. The van der Waals surface area contributed by atoms with Crippen molar-refractivity contribution in [3.8, 4) is 0 Å². The average Bonchev–Trinajstić information content (AvgIpc) is 2.65. The number of ether oxygens (including phenoxy) is 1. The third-order valence-electron chi connectivity index (χ3n) is 4.14. The van der Waals surface area contributed by atoms with E-state index in [4.69, 9.17) is 4.74 Å². The minimum absolute atomic E-state index is 0.0356. The van der Waals surface area contributed by atoms with Gasteiger partial charge in [-0.05, 0) is 34.1 Å². The van der Waals surface area contributed by atoms with Crippen molar-refractivity contribution < 1.29 is 28.9 Å². The van der Waals surface area contributed by atoms with E-state index in [1.54, 1.807) is 20.8 Å². The lowest BCUT2D eigenvalue weighted by Gasteiger charge is -2.42. The highest BCUT2D eigenvalue weighted by molar-refractivity contribution is 5.86. The van der Waals surface area contributed by atoms with Gasteiger partial charge in [0.1, 0.15) is 17.3 Å². The summed E-state index contributed by atoms with van der Waals surface area (Å²) >= 11 is 0. The second-order valence-corrected chi connectivity index (χ2v) is 6.65. The van der Waals surface area contributed by atoms with Crippen LogP contribution in [0.5, 0.6) is 0 Å². The molecule has 1 aliphatic carbocycles. The standard InChI is InChI=1S/C13H20FNO5/c1-12(2,3)20-11(19)15-9-7(16)5-6(8(9)14)13(15,4)10(17)18/h6-9,16H,5H2,1-4H3,(H,17,18)/t6-,7-,8-,9+,13+/m1/s1. The molecule has 114 valence electrons. The van der Waals surface area contributed by atoms with Gasteiger partial charge in [0.05, 0.1) is 12.1 Å². The lowest BCUT2D eigenvalue weighted by Crippen LogP contribution is -2.62. The molecule has 2 bridgehead atoms. The van der Waals surface area contributed by atoms with Crippen LogP contribution >= 0.6 is 0 Å². The van der Waals surface area contributed by atoms with Gasteiger partial charge >= 0.3 is 12.1 Å². The number of carbonyl (C=O) groups excluding carboxylic acids is 1. The van der Waals surface area contributed by atoms with Crippen LogP contribution in [0.3, 0.4) is 0 Å². The van der Waals surface area contributed by atoms with E-state index in [-0.39, 0.29) is 6.42 Å². The molecule has 20 heavy (non-hydrogen) atoms. The van der Waals surface area contributed by atoms with Gasteiger partial charge in [0.2, 0.25) is 0 Å². The number of aliphatic hydroxyl groups is 1. The Morgan fingerprint density at radius 2 is 1.95 bits per heavy atom. The lowest BCUT2D eigenvalue weighted by molar-refractivity contribution is -0.155. The maximum atomic E-state index is 14.2. The predicted molar refractivity (Wildman–Crippen MR) is 66.9 cm³/mol. The zero-order chi connectivity index (χ0) is 15.5. The number of piperidine rings is 1. The van der Waals surface area contributed by atoms with Crippen LogP contribution in [0.1, 0.15) is 34.1 Å². The summed E-state index contributed by atoms with van der Waals surface area (Å²) in [5, 5.41) is 19.3. The van der Waals surface area contributed by atoms with E-state index in [1.165, 1.54) is 6.92 Å². The Labute approximate surface area is 116 Å². The number of nitrogens with zero attached hydrogens (tertiary/aromatic N) is 1. The average molecular weight is 289 g/mol. The molecule has 0 aromatic heterocycles. The van der Waals surface area contributed by atoms with Gasteiger partial charge in [-0.3, -0.25) is 4.90 Å². The van der Waals surface area contributed by atoms with E-state index in [0.717, 1.165) is 4.90 Å². The van der Waals surface area contributed by atoms with Crippen molar-refractivity contribution in [1.29, 1.82) is 0 Å². The number of aliphatic carboxylic acids is 1. The van der Waals surface area contributed by atoms with Crippen molar-refractivity contribution >= 4 is 12.1 Å². The molecule has 0 radical (unpaired) electrons. The largest absolute Gasteiger partial charge is 0.479 e. The number of carboxylic acids is 1. The summed E-state index contributed by atoms with van der Waals surface area (Å²) in [7, 11) is 0. The molecule has 6 nitrogen and oxygen atoms in total. The smallest absolute Gasteiger partial charge is 0.411 e. The zero-order valence-corrected chi connectivity index (χ0v) is 12.0. The Hall–Kier alpha value is -1.37. The zero-order valence-electron chi connectivity index (χ0n) is 12.0. The van der Waals surface area contributed by atoms with Crippen molar-refractivity contribution in [3.05, 3.63) is 0 Å². The van der Waals surface area contributed by atoms with Crippen molar-refractivity contribution in [2.24, 2.45) is 5.92 Å². The molecule has 2 fully saturated rings. The molecule has 5 atom stereocenters. The SMILES string of the molecule is CC(C)(C)OC(=O)N1[C@@H]2[C@H](F)[C@@H](C[C@H]2O)[C@@]1(C)C(=O)O. The fourth-order valence-electron chi connectivity index (χ4n) is 3.21. The maximum absolute atomic E-state index is 14.2. The Morgan fingerprint density at radius 3 is 2.40 bits per heavy atom. The molecular weight excluding hydrogens is 269 g/mol. The third-order valence-corrected chi connectivity index (χ3v) is 4.14. The van der Waals surface area contributed by atoms with Crippen LogP contribution in [0.4, 0.5) is 9.18 Å². The van der Waals surface area contributed by atoms with Gasteiger partial charge in [-0.15, -0.1) is 0 Å². The number of hydrogen-bond donors (Lipinski definition) is 2. The van der Waals surface area contributed by atoms with Crippen molar-refractivity contribution in [2.45, 2.75) is 63.6 Å². The number of amides is 1. The summed E-state index contributed by atoms with van der Waals surface area (Å²) in [5.74, 6) is -2.21. The molecule has 2 rings (SSSR count). The van der Waals surface area contributed by atoms with E-state index in [1.807, 2.05) is 0 Å². The number of rotatable bonds is 1. The molecular formula is C13H20FNO5. The van der Waals surface area contributed by atoms with Crippen LogP contribution in [-0.2, 0) is 9.53 Å². The van der Waals surface area contributed by atoms with Crippen molar-refractivity contribution in [2.75, 3.05) is 0 Å². The summed E-state index contributed by atoms with van der Waals surface area (Å²) < 4.78 is 19.4. The fourth-order valence-corrected chi connectivity index (χ4v) is 3.21. The van der Waals surface area contributed by atoms with Crippen LogP contribution in [0, 0.1) is 5.92 Å². The monoisotopic (exact) mass is 289 g/mol. The quantitative estimate of drug-likeness (QED) is 0.756. The number of aliphatic hydroxyl groups excluding tert-OH is 1. The number of fused-ring (bicyclic) bond motifs is 2. The van der Waals surface area contributed by atoms with E-state index in [9.17, 15) is 24.2 Å². The number of carboxylic acid groups (broad SMARTS) is 1. The van der Waals surface area contributed by atoms with Gasteiger partial charge in [-0.2, -0.15) is 0 Å². The summed E-state index contributed by atoms with van der Waals surface area (Å²) in [4.78, 5) is 24.6. The molecule has 1 amide bonds. The molecule has 2 N–H and O–H groups in total. The second-order valence-electron chi connectivity index (χ2n) is 6.65. The molecule has 0 aromatic rings. The lowest BCUT2D eigenvalue weighted by atomic mass is 9.84. The number of alkyl halides is 1. The Balaban J connectivity index is 2.38. The van der Waals surface area contributed by atoms with Crippen LogP contribution in [-0.4, -0.2) is 56.6 Å². The number of carbonyl (C=O) groups is 2.